The van der Waals surface area contributed by atoms with E-state index in [4.69, 9.17) is 0 Å². The molecular formula is C22H15F2N3OS. The fourth-order valence-electron chi connectivity index (χ4n) is 2.75. The van der Waals surface area contributed by atoms with Crippen LogP contribution in [0.4, 0.5) is 25.3 Å². The molecule has 0 unspecified atom stereocenters. The van der Waals surface area contributed by atoms with E-state index in [0.29, 0.717) is 16.3 Å². The lowest BCUT2D eigenvalue weighted by Crippen LogP contribution is -2.11. The number of thiazole rings is 1. The minimum Gasteiger partial charge on any atom is -0.327 e. The summed E-state index contributed by atoms with van der Waals surface area (Å²) in [6, 6.07) is 21.8. The number of benzene rings is 3. The molecule has 2 N–H and O–H groups in total. The Morgan fingerprint density at radius 3 is 2.10 bits per heavy atom. The van der Waals surface area contributed by atoms with Gasteiger partial charge in [-0.25, -0.2) is 13.8 Å². The van der Waals surface area contributed by atoms with E-state index in [1.54, 1.807) is 12.1 Å². The van der Waals surface area contributed by atoms with E-state index < -0.39 is 11.6 Å². The molecular weight excluding hydrogens is 392 g/mol. The van der Waals surface area contributed by atoms with Crippen LogP contribution < -0.4 is 10.6 Å². The quantitative estimate of drug-likeness (QED) is 0.421. The van der Waals surface area contributed by atoms with Crippen LogP contribution in [0.5, 0.6) is 0 Å². The number of rotatable bonds is 5. The maximum atomic E-state index is 14.0. The molecule has 4 rings (SSSR count). The molecule has 0 fully saturated rings. The van der Waals surface area contributed by atoms with Gasteiger partial charge in [0.05, 0.1) is 5.69 Å². The molecule has 0 radical (unpaired) electrons. The van der Waals surface area contributed by atoms with Crippen molar-refractivity contribution in [2.75, 3.05) is 10.6 Å². The van der Waals surface area contributed by atoms with E-state index in [9.17, 15) is 13.6 Å². The summed E-state index contributed by atoms with van der Waals surface area (Å²) in [4.78, 5) is 17.7. The van der Waals surface area contributed by atoms with Crippen molar-refractivity contribution >= 4 is 33.8 Å². The summed E-state index contributed by atoms with van der Waals surface area (Å²) in [5, 5.41) is 5.71. The van der Waals surface area contributed by atoms with Crippen LogP contribution in [0, 0.1) is 11.6 Å². The van der Waals surface area contributed by atoms with Crippen LogP contribution in [0.1, 0.15) is 9.67 Å². The summed E-state index contributed by atoms with van der Waals surface area (Å²) < 4.78 is 28.0. The second-order valence-electron chi connectivity index (χ2n) is 6.10. The molecule has 0 aliphatic heterocycles. The Labute approximate surface area is 169 Å². The molecule has 7 heteroatoms. The Balaban J connectivity index is 1.72. The number of hydrogen-bond acceptors (Lipinski definition) is 4. The van der Waals surface area contributed by atoms with Gasteiger partial charge in [0.15, 0.2) is 5.13 Å². The Kier molecular flexibility index (Phi) is 5.31. The van der Waals surface area contributed by atoms with Crippen molar-refractivity contribution in [2.45, 2.75) is 0 Å². The van der Waals surface area contributed by atoms with Crippen LogP contribution in [0.25, 0.3) is 11.3 Å². The number of hydrogen-bond donors (Lipinski definition) is 2. The average Bonchev–Trinajstić information content (AvgIpc) is 3.16. The summed E-state index contributed by atoms with van der Waals surface area (Å²) in [5.74, 6) is -1.83. The topological polar surface area (TPSA) is 54.0 Å². The molecule has 0 spiro atoms. The van der Waals surface area contributed by atoms with Crippen LogP contribution in [0.3, 0.4) is 0 Å². The standard InChI is InChI=1S/C22H15F2N3OS/c23-16-12-7-13-17(24)19(16)27-22-26-18(14-8-3-1-4-9-14)20(29-22)21(28)25-15-10-5-2-6-11-15/h1-13H,(H,25,28)(H,26,27). The molecule has 0 bridgehead atoms. The normalized spacial score (nSPS) is 10.6. The van der Waals surface area contributed by atoms with Crippen molar-refractivity contribution in [3.05, 3.63) is 95.4 Å². The fraction of sp³-hybridized carbons (Fsp3) is 0. The number of nitrogens with zero attached hydrogens (tertiary/aromatic N) is 1. The number of nitrogens with one attached hydrogen (secondary N) is 2. The first-order valence-electron chi connectivity index (χ1n) is 8.75. The highest BCUT2D eigenvalue weighted by atomic mass is 32.1. The van der Waals surface area contributed by atoms with E-state index in [2.05, 4.69) is 15.6 Å². The van der Waals surface area contributed by atoms with Crippen LogP contribution in [0.2, 0.25) is 0 Å². The largest absolute Gasteiger partial charge is 0.327 e. The van der Waals surface area contributed by atoms with Gasteiger partial charge in [-0.2, -0.15) is 0 Å². The molecule has 29 heavy (non-hydrogen) atoms. The van der Waals surface area contributed by atoms with E-state index in [-0.39, 0.29) is 16.7 Å². The molecule has 0 saturated heterocycles. The Bertz CT molecular complexity index is 1130. The Morgan fingerprint density at radius 2 is 1.45 bits per heavy atom. The molecule has 1 amide bonds. The lowest BCUT2D eigenvalue weighted by molar-refractivity contribution is 0.103. The van der Waals surface area contributed by atoms with Crippen molar-refractivity contribution in [1.29, 1.82) is 0 Å². The summed E-state index contributed by atoms with van der Waals surface area (Å²) in [6.07, 6.45) is 0. The van der Waals surface area contributed by atoms with Gasteiger partial charge < -0.3 is 10.6 Å². The first kappa shape index (κ1) is 18.8. The van der Waals surface area contributed by atoms with Gasteiger partial charge >= 0.3 is 0 Å². The molecule has 4 nitrogen and oxygen atoms in total. The highest BCUT2D eigenvalue weighted by molar-refractivity contribution is 7.18. The Morgan fingerprint density at radius 1 is 0.828 bits per heavy atom. The first-order chi connectivity index (χ1) is 14.1. The minimum absolute atomic E-state index is 0.214. The average molecular weight is 407 g/mol. The maximum absolute atomic E-state index is 14.0. The lowest BCUT2D eigenvalue weighted by atomic mass is 10.1. The highest BCUT2D eigenvalue weighted by Crippen LogP contribution is 2.34. The minimum atomic E-state index is -0.739. The van der Waals surface area contributed by atoms with E-state index in [0.717, 1.165) is 29.0 Å². The van der Waals surface area contributed by atoms with Crippen molar-refractivity contribution < 1.29 is 13.6 Å². The zero-order valence-electron chi connectivity index (χ0n) is 15.0. The SMILES string of the molecule is O=C(Nc1ccccc1)c1sc(Nc2c(F)cccc2F)nc1-c1ccccc1. The summed E-state index contributed by atoms with van der Waals surface area (Å²) >= 11 is 1.03. The van der Waals surface area contributed by atoms with Gasteiger partial charge in [-0.3, -0.25) is 4.79 Å². The van der Waals surface area contributed by atoms with Gasteiger partial charge in [-0.1, -0.05) is 65.9 Å². The van der Waals surface area contributed by atoms with Crippen molar-refractivity contribution in [3.63, 3.8) is 0 Å². The summed E-state index contributed by atoms with van der Waals surface area (Å²) in [5.41, 5.74) is 1.49. The van der Waals surface area contributed by atoms with Crippen LogP contribution in [-0.2, 0) is 0 Å². The lowest BCUT2D eigenvalue weighted by Gasteiger charge is -2.05. The molecule has 0 aliphatic rings. The first-order valence-corrected chi connectivity index (χ1v) is 9.57. The number of carbonyl (C=O) groups is 1. The maximum Gasteiger partial charge on any atom is 0.268 e. The zero-order valence-corrected chi connectivity index (χ0v) is 15.8. The fourth-order valence-corrected chi connectivity index (χ4v) is 3.64. The molecule has 4 aromatic rings. The predicted octanol–water partition coefficient (Wildman–Crippen LogP) is 6.08. The predicted molar refractivity (Wildman–Crippen MR) is 112 cm³/mol. The van der Waals surface area contributed by atoms with Crippen molar-refractivity contribution in [2.24, 2.45) is 0 Å². The van der Waals surface area contributed by atoms with Crippen molar-refractivity contribution in [1.82, 2.24) is 4.98 Å². The third-order valence-corrected chi connectivity index (χ3v) is 5.08. The number of carbonyl (C=O) groups excluding carboxylic acids is 1. The van der Waals surface area contributed by atoms with Gasteiger partial charge in [-0.15, -0.1) is 0 Å². The second-order valence-corrected chi connectivity index (χ2v) is 7.10. The molecule has 0 aliphatic carbocycles. The third-order valence-electron chi connectivity index (χ3n) is 4.11. The molecule has 144 valence electrons. The molecule has 0 saturated carbocycles. The van der Waals surface area contributed by atoms with E-state index in [1.165, 1.54) is 6.07 Å². The van der Waals surface area contributed by atoms with Gasteiger partial charge in [0.2, 0.25) is 0 Å². The highest BCUT2D eigenvalue weighted by Gasteiger charge is 2.21. The third kappa shape index (κ3) is 4.14. The number of halogens is 2. The summed E-state index contributed by atoms with van der Waals surface area (Å²) in [6.45, 7) is 0. The Hall–Kier alpha value is -3.58. The van der Waals surface area contributed by atoms with E-state index >= 15 is 0 Å². The van der Waals surface area contributed by atoms with Gasteiger partial charge in [-0.05, 0) is 24.3 Å². The monoisotopic (exact) mass is 407 g/mol. The number of amides is 1. The number of para-hydroxylation sites is 2. The molecule has 0 atom stereocenters. The van der Waals surface area contributed by atoms with Gasteiger partial charge in [0.25, 0.3) is 5.91 Å². The van der Waals surface area contributed by atoms with Crippen molar-refractivity contribution in [3.8, 4) is 11.3 Å². The second kappa shape index (κ2) is 8.20. The number of aromatic nitrogens is 1. The smallest absolute Gasteiger partial charge is 0.268 e. The summed E-state index contributed by atoms with van der Waals surface area (Å²) in [7, 11) is 0. The van der Waals surface area contributed by atoms with Crippen LogP contribution in [-0.4, -0.2) is 10.9 Å². The molecule has 3 aromatic carbocycles. The number of anilines is 3. The van der Waals surface area contributed by atoms with Gasteiger partial charge in [0, 0.05) is 11.3 Å². The van der Waals surface area contributed by atoms with Gasteiger partial charge in [0.1, 0.15) is 22.2 Å². The zero-order chi connectivity index (χ0) is 20.2. The van der Waals surface area contributed by atoms with Crippen LogP contribution >= 0.6 is 11.3 Å². The van der Waals surface area contributed by atoms with E-state index in [1.807, 2.05) is 48.5 Å². The van der Waals surface area contributed by atoms with Crippen LogP contribution in [0.15, 0.2) is 78.9 Å². The molecule has 1 heterocycles. The molecule has 1 aromatic heterocycles.